The quantitative estimate of drug-likeness (QED) is 0.522. The topological polar surface area (TPSA) is 41.6 Å². The van der Waals surface area contributed by atoms with Gasteiger partial charge in [0.15, 0.2) is 0 Å². The van der Waals surface area contributed by atoms with Gasteiger partial charge in [0.05, 0.1) is 5.39 Å². The van der Waals surface area contributed by atoms with Crippen LogP contribution in [0.15, 0.2) is 12.3 Å². The van der Waals surface area contributed by atoms with Gasteiger partial charge in [-0.15, -0.1) is 0 Å². The molecule has 0 amide bonds. The highest BCUT2D eigenvalue weighted by atomic mass is 79.9. The molecule has 3 nitrogen and oxygen atoms in total. The van der Waals surface area contributed by atoms with Crippen molar-refractivity contribution in [2.24, 2.45) is 0 Å². The number of fused-ring (bicyclic) bond motifs is 1. The number of alkyl halides is 1. The Kier molecular flexibility index (Phi) is 3.29. The predicted molar refractivity (Wildman–Crippen MR) is 66.7 cm³/mol. The van der Waals surface area contributed by atoms with Gasteiger partial charge in [-0.3, -0.25) is 0 Å². The minimum absolute atomic E-state index is 0.144. The molecule has 0 saturated carbocycles. The van der Waals surface area contributed by atoms with Crippen molar-refractivity contribution in [2.45, 2.75) is 0 Å². The molecular formula is C9H6BrCl2N3. The van der Waals surface area contributed by atoms with E-state index in [9.17, 15) is 0 Å². The third-order valence-electron chi connectivity index (χ3n) is 1.88. The fourth-order valence-electron chi connectivity index (χ4n) is 1.29. The molecule has 15 heavy (non-hydrogen) atoms. The van der Waals surface area contributed by atoms with Crippen LogP contribution in [0.5, 0.6) is 0 Å². The highest BCUT2D eigenvalue weighted by Crippen LogP contribution is 2.26. The third-order valence-corrected chi connectivity index (χ3v) is 2.69. The monoisotopic (exact) mass is 305 g/mol. The Hall–Kier alpha value is -0.580. The zero-order valence-corrected chi connectivity index (χ0v) is 10.6. The molecule has 0 atom stereocenters. The summed E-state index contributed by atoms with van der Waals surface area (Å²) in [5.41, 5.74) is 1.60. The van der Waals surface area contributed by atoms with Gasteiger partial charge in [0.2, 0.25) is 5.28 Å². The van der Waals surface area contributed by atoms with Gasteiger partial charge in [-0.2, -0.15) is 4.98 Å². The second-order valence-corrected chi connectivity index (χ2v) is 4.15. The molecule has 78 valence electrons. The lowest BCUT2D eigenvalue weighted by atomic mass is 10.2. The second kappa shape index (κ2) is 4.51. The van der Waals surface area contributed by atoms with Crippen LogP contribution in [0.4, 0.5) is 0 Å². The van der Waals surface area contributed by atoms with Crippen molar-refractivity contribution in [1.29, 1.82) is 0 Å². The van der Waals surface area contributed by atoms with Crippen molar-refractivity contribution in [3.63, 3.8) is 0 Å². The normalized spacial score (nSPS) is 11.7. The van der Waals surface area contributed by atoms with Crippen LogP contribution >= 0.6 is 39.1 Å². The maximum atomic E-state index is 5.99. The molecule has 2 aromatic heterocycles. The van der Waals surface area contributed by atoms with Crippen molar-refractivity contribution in [3.8, 4) is 0 Å². The number of rotatable bonds is 2. The van der Waals surface area contributed by atoms with E-state index in [1.807, 2.05) is 18.3 Å². The zero-order chi connectivity index (χ0) is 10.8. The second-order valence-electron chi connectivity index (χ2n) is 2.81. The molecule has 0 saturated heterocycles. The van der Waals surface area contributed by atoms with Gasteiger partial charge in [-0.1, -0.05) is 39.7 Å². The SMILES string of the molecule is Clc1nc(Cl)c2c(C=CCBr)c[nH]c2n1. The van der Waals surface area contributed by atoms with Crippen LogP contribution < -0.4 is 0 Å². The van der Waals surface area contributed by atoms with Crippen molar-refractivity contribution in [1.82, 2.24) is 15.0 Å². The summed E-state index contributed by atoms with van der Waals surface area (Å²) >= 11 is 15.0. The minimum atomic E-state index is 0.144. The lowest BCUT2D eigenvalue weighted by Crippen LogP contribution is -1.85. The van der Waals surface area contributed by atoms with Gasteiger partial charge >= 0.3 is 0 Å². The van der Waals surface area contributed by atoms with Gasteiger partial charge in [0, 0.05) is 17.1 Å². The van der Waals surface area contributed by atoms with Crippen LogP contribution in [-0.4, -0.2) is 20.3 Å². The summed E-state index contributed by atoms with van der Waals surface area (Å²) < 4.78 is 0. The smallest absolute Gasteiger partial charge is 0.225 e. The van der Waals surface area contributed by atoms with E-state index in [2.05, 4.69) is 30.9 Å². The van der Waals surface area contributed by atoms with Crippen LogP contribution in [0.1, 0.15) is 5.56 Å². The molecule has 0 bridgehead atoms. The molecule has 1 N–H and O–H groups in total. The predicted octanol–water partition coefficient (Wildman–Crippen LogP) is 3.67. The largest absolute Gasteiger partial charge is 0.345 e. The summed E-state index contributed by atoms with van der Waals surface area (Å²) in [6, 6.07) is 0. The van der Waals surface area contributed by atoms with Crippen LogP contribution in [0.25, 0.3) is 17.1 Å². The van der Waals surface area contributed by atoms with E-state index in [-0.39, 0.29) is 5.28 Å². The molecule has 0 unspecified atom stereocenters. The Balaban J connectivity index is 2.63. The Morgan fingerprint density at radius 2 is 2.20 bits per heavy atom. The van der Waals surface area contributed by atoms with E-state index in [1.54, 1.807) is 0 Å². The fourth-order valence-corrected chi connectivity index (χ4v) is 1.97. The Labute approximate surface area is 105 Å². The fraction of sp³-hybridized carbons (Fsp3) is 0.111. The Morgan fingerprint density at radius 3 is 2.93 bits per heavy atom. The van der Waals surface area contributed by atoms with Crippen LogP contribution in [0, 0.1) is 0 Å². The number of nitrogens with one attached hydrogen (secondary N) is 1. The van der Waals surface area contributed by atoms with E-state index < -0.39 is 0 Å². The summed E-state index contributed by atoms with van der Waals surface area (Å²) in [6.07, 6.45) is 5.73. The summed E-state index contributed by atoms with van der Waals surface area (Å²) in [5.74, 6) is 0. The van der Waals surface area contributed by atoms with Crippen LogP contribution in [0.3, 0.4) is 0 Å². The van der Waals surface area contributed by atoms with Crippen LogP contribution in [-0.2, 0) is 0 Å². The highest BCUT2D eigenvalue weighted by Gasteiger charge is 2.09. The van der Waals surface area contributed by atoms with E-state index in [0.717, 1.165) is 16.3 Å². The van der Waals surface area contributed by atoms with Gasteiger partial charge in [0.1, 0.15) is 10.8 Å². The molecule has 2 aromatic rings. The molecule has 0 radical (unpaired) electrons. The van der Waals surface area contributed by atoms with Crippen molar-refractivity contribution < 1.29 is 0 Å². The molecule has 2 heterocycles. The first-order valence-electron chi connectivity index (χ1n) is 4.15. The summed E-state index contributed by atoms with van der Waals surface area (Å²) in [4.78, 5) is 10.9. The first-order valence-corrected chi connectivity index (χ1v) is 6.02. The average molecular weight is 307 g/mol. The van der Waals surface area contributed by atoms with Crippen LogP contribution in [0.2, 0.25) is 10.4 Å². The molecule has 0 aliphatic carbocycles. The lowest BCUT2D eigenvalue weighted by Gasteiger charge is -1.95. The molecule has 0 aliphatic rings. The summed E-state index contributed by atoms with van der Waals surface area (Å²) in [6.45, 7) is 0. The zero-order valence-electron chi connectivity index (χ0n) is 7.47. The van der Waals surface area contributed by atoms with E-state index >= 15 is 0 Å². The number of H-pyrrole nitrogens is 1. The molecule has 0 aromatic carbocycles. The number of aromatic nitrogens is 3. The number of halogens is 3. The Bertz CT molecular complexity index is 521. The number of aromatic amines is 1. The number of allylic oxidation sites excluding steroid dienone is 1. The average Bonchev–Trinajstić information content (AvgIpc) is 2.58. The summed E-state index contributed by atoms with van der Waals surface area (Å²) in [7, 11) is 0. The number of hydrogen-bond donors (Lipinski definition) is 1. The maximum absolute atomic E-state index is 5.99. The van der Waals surface area contributed by atoms with Gasteiger partial charge in [-0.05, 0) is 11.6 Å². The molecular weight excluding hydrogens is 301 g/mol. The number of nitrogens with zero attached hydrogens (tertiary/aromatic N) is 2. The molecule has 6 heteroatoms. The van der Waals surface area contributed by atoms with Crippen molar-refractivity contribution in [2.75, 3.05) is 5.33 Å². The minimum Gasteiger partial charge on any atom is -0.345 e. The maximum Gasteiger partial charge on any atom is 0.225 e. The van der Waals surface area contributed by atoms with E-state index in [0.29, 0.717) is 10.8 Å². The lowest BCUT2D eigenvalue weighted by molar-refractivity contribution is 1.20. The highest BCUT2D eigenvalue weighted by molar-refractivity contribution is 9.09. The van der Waals surface area contributed by atoms with E-state index in [4.69, 9.17) is 23.2 Å². The first-order chi connectivity index (χ1) is 7.22. The molecule has 0 fully saturated rings. The third kappa shape index (κ3) is 2.17. The van der Waals surface area contributed by atoms with Crippen molar-refractivity contribution >= 4 is 56.2 Å². The molecule has 0 spiro atoms. The Morgan fingerprint density at radius 1 is 1.40 bits per heavy atom. The first kappa shape index (κ1) is 10.9. The molecule has 2 rings (SSSR count). The summed E-state index contributed by atoms with van der Waals surface area (Å²) in [5, 5.41) is 2.08. The van der Waals surface area contributed by atoms with Gasteiger partial charge in [0.25, 0.3) is 0 Å². The standard InChI is InChI=1S/C9H6BrCl2N3/c10-3-1-2-5-4-13-8-6(5)7(11)14-9(12)15-8/h1-2,4H,3H2,(H,13,14,15). The number of hydrogen-bond acceptors (Lipinski definition) is 2. The van der Waals surface area contributed by atoms with Crippen molar-refractivity contribution in [3.05, 3.63) is 28.3 Å². The molecule has 0 aliphatic heterocycles. The van der Waals surface area contributed by atoms with Gasteiger partial charge in [-0.25, -0.2) is 4.98 Å². The van der Waals surface area contributed by atoms with E-state index in [1.165, 1.54) is 0 Å². The van der Waals surface area contributed by atoms with Gasteiger partial charge < -0.3 is 4.98 Å².